The van der Waals surface area contributed by atoms with Gasteiger partial charge in [0, 0.05) is 35.3 Å². The zero-order valence-corrected chi connectivity index (χ0v) is 18.9. The third-order valence-corrected chi connectivity index (χ3v) is 5.04. The molecule has 0 saturated heterocycles. The number of rotatable bonds is 9. The van der Waals surface area contributed by atoms with E-state index >= 15 is 4.39 Å². The first-order valence-corrected chi connectivity index (χ1v) is 10.6. The van der Waals surface area contributed by atoms with Crippen molar-refractivity contribution in [1.29, 1.82) is 5.41 Å². The van der Waals surface area contributed by atoms with Crippen LogP contribution in [0.15, 0.2) is 59.7 Å². The van der Waals surface area contributed by atoms with Crippen molar-refractivity contribution in [2.24, 2.45) is 5.73 Å². The molecule has 2 aromatic heterocycles. The van der Waals surface area contributed by atoms with Crippen molar-refractivity contribution >= 4 is 11.5 Å². The number of methoxy groups -OCH3 is 1. The molecule has 0 aliphatic carbocycles. The molecule has 1 unspecified atom stereocenters. The number of nitrogens with two attached hydrogens (primary N) is 1. The van der Waals surface area contributed by atoms with E-state index < -0.39 is 17.5 Å². The average Bonchev–Trinajstić information content (AvgIpc) is 3.26. The van der Waals surface area contributed by atoms with Gasteiger partial charge in [-0.05, 0) is 43.3 Å². The van der Waals surface area contributed by atoms with E-state index in [1.807, 2.05) is 0 Å². The van der Waals surface area contributed by atoms with Gasteiger partial charge in [0.25, 0.3) is 5.95 Å². The Morgan fingerprint density at radius 1 is 1.26 bits per heavy atom. The van der Waals surface area contributed by atoms with Gasteiger partial charge in [-0.25, -0.2) is 19.2 Å². The summed E-state index contributed by atoms with van der Waals surface area (Å²) in [6.07, 6.45) is 2.96. The highest BCUT2D eigenvalue weighted by Crippen LogP contribution is 2.34. The molecular formula is C23H23FN8O3. The maximum absolute atomic E-state index is 15.6. The third kappa shape index (κ3) is 4.95. The fourth-order valence-corrected chi connectivity index (χ4v) is 3.39. The summed E-state index contributed by atoms with van der Waals surface area (Å²) in [4.78, 5) is 23.4. The number of benzene rings is 2. The van der Waals surface area contributed by atoms with Crippen molar-refractivity contribution in [3.63, 3.8) is 0 Å². The first-order chi connectivity index (χ1) is 16.9. The highest BCUT2D eigenvalue weighted by molar-refractivity contribution is 5.95. The predicted octanol–water partition coefficient (Wildman–Crippen LogP) is 2.38. The number of amidine groups is 1. The van der Waals surface area contributed by atoms with E-state index in [0.29, 0.717) is 17.0 Å². The fourth-order valence-electron chi connectivity index (χ4n) is 3.39. The molecule has 2 aromatic carbocycles. The van der Waals surface area contributed by atoms with Crippen molar-refractivity contribution in [3.8, 4) is 17.4 Å². The summed E-state index contributed by atoms with van der Waals surface area (Å²) in [6, 6.07) is 10.2. The summed E-state index contributed by atoms with van der Waals surface area (Å²) in [5, 5.41) is 15.1. The summed E-state index contributed by atoms with van der Waals surface area (Å²) < 4.78 is 27.4. The molecule has 180 valence electrons. The zero-order valence-electron chi connectivity index (χ0n) is 18.9. The second kappa shape index (κ2) is 10.0. The van der Waals surface area contributed by atoms with E-state index in [1.54, 1.807) is 37.3 Å². The number of halogens is 1. The maximum Gasteiger partial charge on any atom is 0.350 e. The molecule has 5 N–H and O–H groups in total. The number of anilines is 1. The highest BCUT2D eigenvalue weighted by atomic mass is 19.1. The van der Waals surface area contributed by atoms with Crippen molar-refractivity contribution in [1.82, 2.24) is 24.7 Å². The molecule has 4 rings (SSSR count). The topological polar surface area (TPSA) is 157 Å². The van der Waals surface area contributed by atoms with Crippen LogP contribution in [0.3, 0.4) is 0 Å². The van der Waals surface area contributed by atoms with Crippen molar-refractivity contribution < 1.29 is 13.9 Å². The number of H-pyrrole nitrogens is 1. The molecule has 12 heteroatoms. The first-order valence-electron chi connectivity index (χ1n) is 10.6. The molecule has 0 fully saturated rings. The lowest BCUT2D eigenvalue weighted by atomic mass is 10.0. The van der Waals surface area contributed by atoms with Crippen LogP contribution in [0.2, 0.25) is 0 Å². The molecule has 0 bridgehead atoms. The Kier molecular flexibility index (Phi) is 6.71. The largest absolute Gasteiger partial charge is 0.497 e. The normalized spacial score (nSPS) is 11.6. The van der Waals surface area contributed by atoms with Crippen LogP contribution in [0, 0.1) is 11.2 Å². The van der Waals surface area contributed by atoms with Gasteiger partial charge in [-0.1, -0.05) is 0 Å². The van der Waals surface area contributed by atoms with E-state index in [2.05, 4.69) is 25.4 Å². The van der Waals surface area contributed by atoms with E-state index in [1.165, 1.54) is 31.6 Å². The maximum atomic E-state index is 15.6. The first kappa shape index (κ1) is 23.4. The fraction of sp³-hybridized carbons (Fsp3) is 0.174. The van der Waals surface area contributed by atoms with Crippen LogP contribution in [0.5, 0.6) is 11.5 Å². The van der Waals surface area contributed by atoms with Gasteiger partial charge in [-0.3, -0.25) is 10.4 Å². The molecule has 1 atom stereocenters. The minimum absolute atomic E-state index is 0.00579. The van der Waals surface area contributed by atoms with Gasteiger partial charge >= 0.3 is 5.69 Å². The summed E-state index contributed by atoms with van der Waals surface area (Å²) in [5.41, 5.74) is 6.15. The summed E-state index contributed by atoms with van der Waals surface area (Å²) in [5.74, 6) is -0.208. The van der Waals surface area contributed by atoms with Gasteiger partial charge in [0.15, 0.2) is 17.4 Å². The van der Waals surface area contributed by atoms with E-state index in [-0.39, 0.29) is 35.5 Å². The minimum atomic E-state index is -0.967. The number of nitrogen functional groups attached to an aromatic ring is 1. The quantitative estimate of drug-likeness (QED) is 0.211. The van der Waals surface area contributed by atoms with Crippen LogP contribution >= 0.6 is 0 Å². The molecule has 2 heterocycles. The highest BCUT2D eigenvalue weighted by Gasteiger charge is 2.26. The Bertz CT molecular complexity index is 1390. The molecule has 0 saturated carbocycles. The average molecular weight is 478 g/mol. The van der Waals surface area contributed by atoms with E-state index in [9.17, 15) is 4.79 Å². The molecule has 11 nitrogen and oxygen atoms in total. The number of nitrogens with one attached hydrogen (secondary N) is 3. The van der Waals surface area contributed by atoms with Crippen LogP contribution in [0.1, 0.15) is 29.9 Å². The summed E-state index contributed by atoms with van der Waals surface area (Å²) >= 11 is 0. The lowest BCUT2D eigenvalue weighted by Gasteiger charge is -2.21. The van der Waals surface area contributed by atoms with Crippen molar-refractivity contribution in [2.45, 2.75) is 13.0 Å². The van der Waals surface area contributed by atoms with Crippen LogP contribution in [-0.2, 0) is 0 Å². The lowest BCUT2D eigenvalue weighted by Crippen LogP contribution is -2.18. The zero-order chi connectivity index (χ0) is 24.9. The number of nitrogens with zero attached hydrogens (tertiary/aromatic N) is 4. The third-order valence-electron chi connectivity index (χ3n) is 5.04. The second-order valence-corrected chi connectivity index (χ2v) is 7.31. The van der Waals surface area contributed by atoms with Gasteiger partial charge in [0.1, 0.15) is 17.6 Å². The minimum Gasteiger partial charge on any atom is -0.497 e. The molecular weight excluding hydrogens is 455 g/mol. The molecule has 0 spiro atoms. The number of aromatic nitrogens is 5. The second-order valence-electron chi connectivity index (χ2n) is 7.31. The molecule has 0 amide bonds. The Morgan fingerprint density at radius 2 is 1.97 bits per heavy atom. The summed E-state index contributed by atoms with van der Waals surface area (Å²) in [6.45, 7) is 1.98. The number of hydrogen-bond donors (Lipinski definition) is 4. The Morgan fingerprint density at radius 3 is 2.60 bits per heavy atom. The van der Waals surface area contributed by atoms with Gasteiger partial charge in [0.05, 0.1) is 13.7 Å². The number of aromatic amines is 1. The number of hydrogen-bond acceptors (Lipinski definition) is 8. The molecule has 35 heavy (non-hydrogen) atoms. The van der Waals surface area contributed by atoms with Gasteiger partial charge in [-0.15, -0.1) is 9.78 Å². The van der Waals surface area contributed by atoms with Crippen molar-refractivity contribution in [3.05, 3.63) is 88.1 Å². The Hall–Kier alpha value is -4.74. The molecule has 0 aliphatic rings. The standard InChI is InChI=1S/C23H23FN8O3/c1-3-35-17-12-15(34-2)11-16(18(17)24)19(29-14-7-5-13(6-8-14)20(25)26)21-30-23(33)32(31-21)22-27-9-4-10-28-22/h4-12,19,29H,3H2,1-2H3,(H3,25,26)(H,30,31,33). The Balaban J connectivity index is 1.85. The monoisotopic (exact) mass is 478 g/mol. The molecule has 0 radical (unpaired) electrons. The van der Waals surface area contributed by atoms with Gasteiger partial charge in [0.2, 0.25) is 0 Å². The number of ether oxygens (including phenoxy) is 2. The Labute approximate surface area is 199 Å². The SMILES string of the molecule is CCOc1cc(OC)cc(C(Nc2ccc(C(=N)N)cc2)c2nn(-c3ncccn3)c(=O)[nH]2)c1F. The van der Waals surface area contributed by atoms with Crippen molar-refractivity contribution in [2.75, 3.05) is 19.0 Å². The smallest absolute Gasteiger partial charge is 0.350 e. The van der Waals surface area contributed by atoms with Crippen LogP contribution in [-0.4, -0.2) is 44.3 Å². The lowest BCUT2D eigenvalue weighted by molar-refractivity contribution is 0.315. The van der Waals surface area contributed by atoms with Crippen LogP contribution in [0.4, 0.5) is 10.1 Å². The van der Waals surface area contributed by atoms with E-state index in [4.69, 9.17) is 20.6 Å². The molecule has 4 aromatic rings. The summed E-state index contributed by atoms with van der Waals surface area (Å²) in [7, 11) is 1.46. The van der Waals surface area contributed by atoms with Gasteiger partial charge < -0.3 is 20.5 Å². The molecule has 0 aliphatic heterocycles. The van der Waals surface area contributed by atoms with E-state index in [0.717, 1.165) is 4.68 Å². The van der Waals surface area contributed by atoms with Crippen LogP contribution < -0.4 is 26.2 Å². The van der Waals surface area contributed by atoms with Gasteiger partial charge in [-0.2, -0.15) is 0 Å². The predicted molar refractivity (Wildman–Crippen MR) is 127 cm³/mol. The van der Waals surface area contributed by atoms with Crippen LogP contribution in [0.25, 0.3) is 5.95 Å².